The van der Waals surface area contributed by atoms with E-state index in [9.17, 15) is 0 Å². The van der Waals surface area contributed by atoms with E-state index in [4.69, 9.17) is 4.52 Å². The summed E-state index contributed by atoms with van der Waals surface area (Å²) in [6, 6.07) is 12.4. The molecule has 0 fully saturated rings. The fourth-order valence-corrected chi connectivity index (χ4v) is 2.10. The van der Waals surface area contributed by atoms with Crippen molar-refractivity contribution in [3.05, 3.63) is 71.9 Å². The van der Waals surface area contributed by atoms with Crippen LogP contribution in [0, 0.1) is 0 Å². The summed E-state index contributed by atoms with van der Waals surface area (Å²) in [6.45, 7) is 12.9. The Hall–Kier alpha value is -2.36. The van der Waals surface area contributed by atoms with Gasteiger partial charge in [0.1, 0.15) is 5.76 Å². The van der Waals surface area contributed by atoms with Gasteiger partial charge < -0.3 is 4.52 Å². The van der Waals surface area contributed by atoms with Crippen LogP contribution in [-0.2, 0) is 7.05 Å². The number of hydrogen-bond donors (Lipinski definition) is 0. The molecule has 0 radical (unpaired) electrons. The Labute approximate surface area is 158 Å². The maximum atomic E-state index is 4.84. The average Bonchev–Trinajstić information content (AvgIpc) is 3.28. The van der Waals surface area contributed by atoms with Crippen molar-refractivity contribution < 1.29 is 4.52 Å². The van der Waals surface area contributed by atoms with E-state index in [0.717, 1.165) is 5.76 Å². The lowest BCUT2D eigenvalue weighted by atomic mass is 10.0. The second-order valence-corrected chi connectivity index (χ2v) is 7.24. The Morgan fingerprint density at radius 3 is 1.69 bits per heavy atom. The number of nitrogens with zero attached hydrogens (tertiary/aromatic N) is 3. The van der Waals surface area contributed by atoms with E-state index in [2.05, 4.69) is 76.1 Å². The number of benzene rings is 1. The van der Waals surface area contributed by atoms with Crippen LogP contribution in [0.1, 0.15) is 76.2 Å². The third kappa shape index (κ3) is 8.15. The van der Waals surface area contributed by atoms with Crippen LogP contribution in [0.3, 0.4) is 0 Å². The van der Waals surface area contributed by atoms with Gasteiger partial charge in [-0.25, -0.2) is 0 Å². The second kappa shape index (κ2) is 11.3. The number of aryl methyl sites for hydroxylation is 1. The molecule has 0 atom stereocenters. The zero-order valence-corrected chi connectivity index (χ0v) is 17.2. The van der Waals surface area contributed by atoms with E-state index in [1.807, 2.05) is 36.3 Å². The van der Waals surface area contributed by atoms with Gasteiger partial charge in [0.2, 0.25) is 0 Å². The molecule has 0 unspecified atom stereocenters. The maximum absolute atomic E-state index is 4.84. The van der Waals surface area contributed by atoms with Gasteiger partial charge in [0.15, 0.2) is 0 Å². The third-order valence-electron chi connectivity index (χ3n) is 3.88. The summed E-state index contributed by atoms with van der Waals surface area (Å²) in [5, 5.41) is 7.62. The third-order valence-corrected chi connectivity index (χ3v) is 3.88. The highest BCUT2D eigenvalue weighted by Crippen LogP contribution is 2.12. The van der Waals surface area contributed by atoms with Crippen molar-refractivity contribution in [2.75, 3.05) is 0 Å². The first kappa shape index (κ1) is 21.7. The molecule has 4 nitrogen and oxygen atoms in total. The summed E-state index contributed by atoms with van der Waals surface area (Å²) in [6.07, 6.45) is 5.62. The molecule has 4 heteroatoms. The van der Waals surface area contributed by atoms with Gasteiger partial charge in [0, 0.05) is 25.2 Å². The van der Waals surface area contributed by atoms with Crippen molar-refractivity contribution in [2.45, 2.75) is 59.3 Å². The van der Waals surface area contributed by atoms with Gasteiger partial charge in [0.25, 0.3) is 0 Å². The molecule has 0 saturated carbocycles. The molecule has 142 valence electrons. The van der Waals surface area contributed by atoms with E-state index in [1.54, 1.807) is 6.20 Å². The van der Waals surface area contributed by atoms with Crippen LogP contribution in [0.5, 0.6) is 0 Å². The molecule has 2 aromatic heterocycles. The minimum atomic E-state index is 0.456. The summed E-state index contributed by atoms with van der Waals surface area (Å²) in [7, 11) is 1.94. The Morgan fingerprint density at radius 2 is 1.42 bits per heavy atom. The van der Waals surface area contributed by atoms with Crippen molar-refractivity contribution >= 4 is 0 Å². The average molecular weight is 356 g/mol. The zero-order chi connectivity index (χ0) is 19.5. The fraction of sp³-hybridized carbons (Fsp3) is 0.455. The quantitative estimate of drug-likeness (QED) is 0.566. The molecule has 26 heavy (non-hydrogen) atoms. The SMILES string of the molecule is CC(C)c1ccccc1.CC(C)c1ccno1.CC(C)c1cnn(C)c1. The van der Waals surface area contributed by atoms with Crippen LogP contribution < -0.4 is 0 Å². The summed E-state index contributed by atoms with van der Waals surface area (Å²) in [4.78, 5) is 0. The van der Waals surface area contributed by atoms with Crippen molar-refractivity contribution in [3.8, 4) is 0 Å². The van der Waals surface area contributed by atoms with Crippen molar-refractivity contribution in [3.63, 3.8) is 0 Å². The number of aromatic nitrogens is 3. The Balaban J connectivity index is 0.000000195. The fourth-order valence-electron chi connectivity index (χ4n) is 2.10. The zero-order valence-electron chi connectivity index (χ0n) is 17.2. The highest BCUT2D eigenvalue weighted by atomic mass is 16.5. The topological polar surface area (TPSA) is 43.9 Å². The summed E-state index contributed by atoms with van der Waals surface area (Å²) < 4.78 is 6.67. The molecule has 0 bridgehead atoms. The highest BCUT2D eigenvalue weighted by molar-refractivity contribution is 5.17. The number of rotatable bonds is 3. The first-order chi connectivity index (χ1) is 12.3. The van der Waals surface area contributed by atoms with Gasteiger partial charge >= 0.3 is 0 Å². The van der Waals surface area contributed by atoms with Gasteiger partial charge in [-0.15, -0.1) is 0 Å². The van der Waals surface area contributed by atoms with Crippen molar-refractivity contribution in [1.82, 2.24) is 14.9 Å². The molecule has 0 aliphatic rings. The lowest BCUT2D eigenvalue weighted by molar-refractivity contribution is 0.371. The van der Waals surface area contributed by atoms with Crippen molar-refractivity contribution in [2.24, 2.45) is 7.05 Å². The van der Waals surface area contributed by atoms with Crippen LogP contribution in [0.15, 0.2) is 59.5 Å². The molecule has 3 aromatic rings. The van der Waals surface area contributed by atoms with E-state index in [-0.39, 0.29) is 0 Å². The van der Waals surface area contributed by atoms with Gasteiger partial charge in [-0.2, -0.15) is 5.10 Å². The van der Waals surface area contributed by atoms with Gasteiger partial charge in [-0.05, 0) is 23.0 Å². The van der Waals surface area contributed by atoms with Crippen molar-refractivity contribution in [1.29, 1.82) is 0 Å². The van der Waals surface area contributed by atoms with Gasteiger partial charge in [0.05, 0.1) is 12.4 Å². The van der Waals surface area contributed by atoms with Gasteiger partial charge in [-0.1, -0.05) is 77.0 Å². The van der Waals surface area contributed by atoms with E-state index < -0.39 is 0 Å². The summed E-state index contributed by atoms with van der Waals surface area (Å²) in [5.74, 6) is 2.66. The first-order valence-corrected chi connectivity index (χ1v) is 9.25. The molecular weight excluding hydrogens is 322 g/mol. The van der Waals surface area contributed by atoms with Gasteiger partial charge in [-0.3, -0.25) is 4.68 Å². The lowest BCUT2D eigenvalue weighted by Crippen LogP contribution is -1.85. The molecule has 2 heterocycles. The lowest BCUT2D eigenvalue weighted by Gasteiger charge is -2.01. The van der Waals surface area contributed by atoms with E-state index >= 15 is 0 Å². The van der Waals surface area contributed by atoms with E-state index in [0.29, 0.717) is 17.8 Å². The molecule has 0 aliphatic carbocycles. The maximum Gasteiger partial charge on any atom is 0.139 e. The molecule has 0 amide bonds. The first-order valence-electron chi connectivity index (χ1n) is 9.25. The van der Waals surface area contributed by atoms with Crippen LogP contribution in [0.4, 0.5) is 0 Å². The largest absolute Gasteiger partial charge is 0.361 e. The Bertz CT molecular complexity index is 698. The highest BCUT2D eigenvalue weighted by Gasteiger charge is 2.00. The predicted octanol–water partition coefficient (Wildman–Crippen LogP) is 6.15. The van der Waals surface area contributed by atoms with Crippen LogP contribution >= 0.6 is 0 Å². The summed E-state index contributed by atoms with van der Waals surface area (Å²) >= 11 is 0. The molecule has 1 aromatic carbocycles. The minimum absolute atomic E-state index is 0.456. The van der Waals surface area contributed by atoms with E-state index in [1.165, 1.54) is 11.1 Å². The predicted molar refractivity (Wildman–Crippen MR) is 108 cm³/mol. The van der Waals surface area contributed by atoms with Crippen LogP contribution in [-0.4, -0.2) is 14.9 Å². The Morgan fingerprint density at radius 1 is 0.808 bits per heavy atom. The van der Waals surface area contributed by atoms with Crippen LogP contribution in [0.2, 0.25) is 0 Å². The Kier molecular flexibility index (Phi) is 9.42. The summed E-state index contributed by atoms with van der Waals surface area (Å²) in [5.41, 5.74) is 2.72. The second-order valence-electron chi connectivity index (χ2n) is 7.24. The molecule has 0 aliphatic heterocycles. The standard InChI is InChI=1S/C9H12.C7H12N2.C6H9NO/c1-8(2)9-6-4-3-5-7-9;1-6(2)7-4-8-9(3)5-7;1-5(2)6-3-4-7-8-6/h3-8H,1-2H3;4-6H,1-3H3;3-5H,1-2H3. The molecule has 3 rings (SSSR count). The smallest absolute Gasteiger partial charge is 0.139 e. The monoisotopic (exact) mass is 355 g/mol. The minimum Gasteiger partial charge on any atom is -0.361 e. The van der Waals surface area contributed by atoms with Crippen LogP contribution in [0.25, 0.3) is 0 Å². The molecular formula is C22H33N3O. The molecule has 0 saturated heterocycles. The normalized spacial score (nSPS) is 10.4. The molecule has 0 spiro atoms. The number of hydrogen-bond acceptors (Lipinski definition) is 3. The molecule has 0 N–H and O–H groups in total.